The summed E-state index contributed by atoms with van der Waals surface area (Å²) in [5.41, 5.74) is 4.30. The van der Waals surface area contributed by atoms with Crippen LogP contribution in [-0.2, 0) is 0 Å². The molecule has 0 aliphatic rings. The zero-order valence-electron chi connectivity index (χ0n) is 13.6. The van der Waals surface area contributed by atoms with Crippen LogP contribution in [0.3, 0.4) is 0 Å². The number of aromatic nitrogens is 1. The summed E-state index contributed by atoms with van der Waals surface area (Å²) < 4.78 is 5.97. The van der Waals surface area contributed by atoms with E-state index in [-0.39, 0.29) is 5.56 Å². The summed E-state index contributed by atoms with van der Waals surface area (Å²) >= 11 is 12.6. The van der Waals surface area contributed by atoms with E-state index in [0.29, 0.717) is 21.4 Å². The highest BCUT2D eigenvalue weighted by Gasteiger charge is 2.18. The van der Waals surface area contributed by atoms with Gasteiger partial charge in [0.2, 0.25) is 0 Å². The topological polar surface area (TPSA) is 66.2 Å². The molecule has 0 atom stereocenters. The van der Waals surface area contributed by atoms with Crippen LogP contribution in [0.4, 0.5) is 0 Å². The normalized spacial score (nSPS) is 11.2. The van der Waals surface area contributed by atoms with Crippen LogP contribution >= 0.6 is 23.2 Å². The van der Waals surface area contributed by atoms with E-state index in [0.717, 1.165) is 27.9 Å². The highest BCUT2D eigenvalue weighted by atomic mass is 35.5. The van der Waals surface area contributed by atoms with Crippen molar-refractivity contribution in [3.8, 4) is 22.7 Å². The Morgan fingerprint density at radius 2 is 1.73 bits per heavy atom. The molecule has 0 unspecified atom stereocenters. The lowest BCUT2D eigenvalue weighted by Gasteiger charge is -2.00. The number of halogens is 2. The third kappa shape index (κ3) is 2.77. The summed E-state index contributed by atoms with van der Waals surface area (Å²) in [6, 6.07) is 14.0. The van der Waals surface area contributed by atoms with Crippen LogP contribution in [0, 0.1) is 6.92 Å². The number of carboxylic acids is 1. The molecule has 2 aromatic carbocycles. The van der Waals surface area contributed by atoms with E-state index in [1.807, 2.05) is 25.1 Å². The van der Waals surface area contributed by atoms with Gasteiger partial charge in [-0.25, -0.2) is 4.79 Å². The van der Waals surface area contributed by atoms with Gasteiger partial charge in [-0.3, -0.25) is 0 Å². The molecule has 2 heterocycles. The molecule has 130 valence electrons. The predicted octanol–water partition coefficient (Wildman–Crippen LogP) is 6.41. The smallest absolute Gasteiger partial charge is 0.335 e. The Bertz CT molecular complexity index is 1140. The molecule has 4 nitrogen and oxygen atoms in total. The fourth-order valence-electron chi connectivity index (χ4n) is 2.96. The lowest BCUT2D eigenvalue weighted by Crippen LogP contribution is -1.94. The van der Waals surface area contributed by atoms with Crippen molar-refractivity contribution < 1.29 is 14.3 Å². The molecular formula is C20H13Cl2NO3. The van der Waals surface area contributed by atoms with Crippen molar-refractivity contribution in [1.29, 1.82) is 0 Å². The second kappa shape index (κ2) is 6.24. The Hall–Kier alpha value is -2.69. The molecule has 4 aromatic rings. The first-order chi connectivity index (χ1) is 12.4. The molecule has 0 spiro atoms. The number of fused-ring (bicyclic) bond motifs is 1. The summed E-state index contributed by atoms with van der Waals surface area (Å²) in [5, 5.41) is 10.9. The maximum atomic E-state index is 11.0. The van der Waals surface area contributed by atoms with Crippen molar-refractivity contribution in [2.24, 2.45) is 0 Å². The second-order valence-corrected chi connectivity index (χ2v) is 6.83. The Labute approximate surface area is 159 Å². The largest absolute Gasteiger partial charge is 0.478 e. The molecule has 0 saturated carbocycles. The third-order valence-corrected chi connectivity index (χ3v) is 4.85. The van der Waals surface area contributed by atoms with E-state index in [2.05, 4.69) is 4.98 Å². The van der Waals surface area contributed by atoms with E-state index in [4.69, 9.17) is 32.7 Å². The van der Waals surface area contributed by atoms with Crippen molar-refractivity contribution in [2.45, 2.75) is 6.92 Å². The molecule has 4 rings (SSSR count). The molecule has 6 heteroatoms. The van der Waals surface area contributed by atoms with Gasteiger partial charge in [0, 0.05) is 16.1 Å². The standard InChI is InChI=1S/C20H13Cl2NO3/c1-10-8-13(21)9-14-17(22)19(26-18(10)14)16-7-6-15(23-16)11-2-4-12(5-3-11)20(24)25/h2-9,23H,1H3,(H,24,25). The quantitative estimate of drug-likeness (QED) is 0.428. The lowest BCUT2D eigenvalue weighted by atomic mass is 10.1. The minimum Gasteiger partial charge on any atom is -0.478 e. The highest BCUT2D eigenvalue weighted by molar-refractivity contribution is 6.39. The van der Waals surface area contributed by atoms with Gasteiger partial charge in [-0.2, -0.15) is 0 Å². The molecule has 26 heavy (non-hydrogen) atoms. The van der Waals surface area contributed by atoms with Gasteiger partial charge in [0.25, 0.3) is 0 Å². The van der Waals surface area contributed by atoms with Gasteiger partial charge in [0.05, 0.1) is 16.3 Å². The zero-order chi connectivity index (χ0) is 18.4. The van der Waals surface area contributed by atoms with E-state index < -0.39 is 5.97 Å². The number of carbonyl (C=O) groups is 1. The summed E-state index contributed by atoms with van der Waals surface area (Å²) in [4.78, 5) is 14.2. The van der Waals surface area contributed by atoms with Crippen molar-refractivity contribution in [2.75, 3.05) is 0 Å². The molecule has 0 radical (unpaired) electrons. The first-order valence-electron chi connectivity index (χ1n) is 7.85. The zero-order valence-corrected chi connectivity index (χ0v) is 15.2. The number of aryl methyl sites for hydroxylation is 1. The Balaban J connectivity index is 1.76. The second-order valence-electron chi connectivity index (χ2n) is 6.01. The van der Waals surface area contributed by atoms with E-state index in [1.165, 1.54) is 0 Å². The summed E-state index contributed by atoms with van der Waals surface area (Å²) in [6.07, 6.45) is 0. The minimum absolute atomic E-state index is 0.244. The molecule has 0 fully saturated rings. The van der Waals surface area contributed by atoms with E-state index >= 15 is 0 Å². The number of rotatable bonds is 3. The number of benzene rings is 2. The van der Waals surface area contributed by atoms with Crippen molar-refractivity contribution in [3.05, 3.63) is 69.7 Å². The SMILES string of the molecule is Cc1cc(Cl)cc2c(Cl)c(-c3ccc(-c4ccc(C(=O)O)cc4)[nH]3)oc12. The molecule has 2 N–H and O–H groups in total. The molecular weight excluding hydrogens is 373 g/mol. The average Bonchev–Trinajstić information content (AvgIpc) is 3.21. The molecule has 0 aliphatic heterocycles. The maximum Gasteiger partial charge on any atom is 0.335 e. The molecule has 0 saturated heterocycles. The predicted molar refractivity (Wildman–Crippen MR) is 103 cm³/mol. The van der Waals surface area contributed by atoms with Crippen LogP contribution in [-0.4, -0.2) is 16.1 Å². The number of aromatic carboxylic acids is 1. The van der Waals surface area contributed by atoms with E-state index in [9.17, 15) is 4.79 Å². The van der Waals surface area contributed by atoms with Gasteiger partial charge in [0.1, 0.15) is 5.58 Å². The first-order valence-corrected chi connectivity index (χ1v) is 8.61. The number of furan rings is 1. The van der Waals surface area contributed by atoms with Gasteiger partial charge in [-0.05, 0) is 54.4 Å². The minimum atomic E-state index is -0.952. The van der Waals surface area contributed by atoms with Crippen LogP contribution in [0.15, 0.2) is 52.9 Å². The summed E-state index contributed by atoms with van der Waals surface area (Å²) in [5.74, 6) is -0.410. The maximum absolute atomic E-state index is 11.0. The van der Waals surface area contributed by atoms with Crippen LogP contribution in [0.2, 0.25) is 10.0 Å². The van der Waals surface area contributed by atoms with Gasteiger partial charge >= 0.3 is 5.97 Å². The molecule has 0 aliphatic carbocycles. The number of hydrogen-bond acceptors (Lipinski definition) is 2. The Morgan fingerprint density at radius 3 is 2.42 bits per heavy atom. The Kier molecular flexibility index (Phi) is 4.02. The van der Waals surface area contributed by atoms with Gasteiger partial charge in [-0.1, -0.05) is 35.3 Å². The van der Waals surface area contributed by atoms with Gasteiger partial charge in [0.15, 0.2) is 5.76 Å². The average molecular weight is 386 g/mol. The fraction of sp³-hybridized carbons (Fsp3) is 0.0500. The molecule has 0 bridgehead atoms. The highest BCUT2D eigenvalue weighted by Crippen LogP contribution is 2.40. The lowest BCUT2D eigenvalue weighted by molar-refractivity contribution is 0.0697. The van der Waals surface area contributed by atoms with Crippen LogP contribution in [0.5, 0.6) is 0 Å². The van der Waals surface area contributed by atoms with E-state index in [1.54, 1.807) is 30.3 Å². The van der Waals surface area contributed by atoms with Crippen LogP contribution < -0.4 is 0 Å². The van der Waals surface area contributed by atoms with Crippen LogP contribution in [0.1, 0.15) is 15.9 Å². The third-order valence-electron chi connectivity index (χ3n) is 4.25. The molecule has 0 amide bonds. The fourth-order valence-corrected chi connectivity index (χ4v) is 3.51. The van der Waals surface area contributed by atoms with Crippen LogP contribution in [0.25, 0.3) is 33.7 Å². The van der Waals surface area contributed by atoms with Gasteiger partial charge < -0.3 is 14.5 Å². The van der Waals surface area contributed by atoms with Crippen molar-refractivity contribution in [1.82, 2.24) is 4.98 Å². The number of nitrogens with one attached hydrogen (secondary N) is 1. The number of carboxylic acid groups (broad SMARTS) is 1. The van der Waals surface area contributed by atoms with Crippen molar-refractivity contribution >= 4 is 40.1 Å². The van der Waals surface area contributed by atoms with Gasteiger partial charge in [-0.15, -0.1) is 0 Å². The number of H-pyrrole nitrogens is 1. The summed E-state index contributed by atoms with van der Waals surface area (Å²) in [6.45, 7) is 1.92. The van der Waals surface area contributed by atoms with Crippen molar-refractivity contribution in [3.63, 3.8) is 0 Å². The summed E-state index contributed by atoms with van der Waals surface area (Å²) in [7, 11) is 0. The Morgan fingerprint density at radius 1 is 1.04 bits per heavy atom. The number of aromatic amines is 1. The monoisotopic (exact) mass is 385 g/mol. The number of hydrogen-bond donors (Lipinski definition) is 2. The first kappa shape index (κ1) is 16.8. The molecule has 2 aromatic heterocycles.